The van der Waals surface area contributed by atoms with E-state index in [4.69, 9.17) is 4.42 Å². The quantitative estimate of drug-likeness (QED) is 0.167. The van der Waals surface area contributed by atoms with Gasteiger partial charge < -0.3 is 14.2 Å². The van der Waals surface area contributed by atoms with Gasteiger partial charge in [0.15, 0.2) is 0 Å². The molecule has 1 aromatic heterocycles. The van der Waals surface area contributed by atoms with Crippen LogP contribution in [0.15, 0.2) is 83.2 Å². The first-order chi connectivity index (χ1) is 26.2. The SMILES string of the molecule is [2H]c1cc(C(C)(C)C)ccc1N1c2cc(C)cc3c2B(c2cc(C(C)(C)C)cc([2H])c2N3c2c([2H])cc(C(C)(C)C)cc2[2H])c2oc3c(c21)C(C)(C)CCC3(C)C. The second-order valence-electron chi connectivity index (χ2n) is 20.4. The largest absolute Gasteiger partial charge is 0.472 e. The molecule has 0 atom stereocenters. The number of furan rings is 1. The second-order valence-corrected chi connectivity index (χ2v) is 20.4. The average molecular weight is 707 g/mol. The van der Waals surface area contributed by atoms with Crippen LogP contribution in [-0.4, -0.2) is 6.71 Å². The van der Waals surface area contributed by atoms with Crippen molar-refractivity contribution < 1.29 is 9.90 Å². The van der Waals surface area contributed by atoms with Crippen LogP contribution >= 0.6 is 0 Å². The maximum atomic E-state index is 9.85. The van der Waals surface area contributed by atoms with Crippen LogP contribution in [0.4, 0.5) is 34.1 Å². The van der Waals surface area contributed by atoms with Crippen molar-refractivity contribution in [1.82, 2.24) is 0 Å². The van der Waals surface area contributed by atoms with Gasteiger partial charge in [-0.05, 0) is 117 Å². The summed E-state index contributed by atoms with van der Waals surface area (Å²) in [4.78, 5) is 4.34. The minimum absolute atomic E-state index is 0.122. The molecule has 0 saturated heterocycles. The van der Waals surface area contributed by atoms with Gasteiger partial charge in [0.25, 0.3) is 6.71 Å². The molecule has 0 saturated carbocycles. The van der Waals surface area contributed by atoms with Gasteiger partial charge in [0.05, 0.1) is 16.8 Å². The van der Waals surface area contributed by atoms with Gasteiger partial charge in [-0.3, -0.25) is 0 Å². The minimum Gasteiger partial charge on any atom is -0.472 e. The number of benzene rings is 4. The smallest absolute Gasteiger partial charge is 0.297 e. The summed E-state index contributed by atoms with van der Waals surface area (Å²) in [6.07, 6.45) is 1.99. The average Bonchev–Trinajstić information content (AvgIpc) is 3.49. The molecule has 3 heterocycles. The maximum absolute atomic E-state index is 9.85. The number of hydrogen-bond acceptors (Lipinski definition) is 3. The predicted molar refractivity (Wildman–Crippen MR) is 229 cm³/mol. The number of nitrogens with zero attached hydrogens (tertiary/aromatic N) is 2. The Kier molecular flexibility index (Phi) is 6.72. The Morgan fingerprint density at radius 3 is 1.74 bits per heavy atom. The van der Waals surface area contributed by atoms with Gasteiger partial charge in [-0.1, -0.05) is 126 Å². The van der Waals surface area contributed by atoms with Crippen LogP contribution in [0, 0.1) is 6.92 Å². The molecular weight excluding hydrogens is 643 g/mol. The van der Waals surface area contributed by atoms with E-state index in [0.29, 0.717) is 23.5 Å². The fourth-order valence-corrected chi connectivity index (χ4v) is 8.72. The third-order valence-electron chi connectivity index (χ3n) is 12.2. The van der Waals surface area contributed by atoms with E-state index in [2.05, 4.69) is 132 Å². The van der Waals surface area contributed by atoms with E-state index in [1.54, 1.807) is 0 Å². The zero-order valence-corrected chi connectivity index (χ0v) is 34.5. The highest BCUT2D eigenvalue weighted by molar-refractivity contribution is 6.99. The molecule has 53 heavy (non-hydrogen) atoms. The Morgan fingerprint density at radius 1 is 0.623 bits per heavy atom. The molecule has 0 spiro atoms. The van der Waals surface area contributed by atoms with Crippen molar-refractivity contribution in [3.63, 3.8) is 0 Å². The molecular formula is C49H59BN2O. The van der Waals surface area contributed by atoms with Gasteiger partial charge in [0, 0.05) is 39.4 Å². The fourth-order valence-electron chi connectivity index (χ4n) is 8.72. The normalized spacial score (nSPS) is 18.3. The molecule has 1 aliphatic carbocycles. The molecule has 8 rings (SSSR count). The zero-order chi connectivity index (χ0) is 41.7. The van der Waals surface area contributed by atoms with Crippen LogP contribution in [0.1, 0.15) is 142 Å². The van der Waals surface area contributed by atoms with Crippen molar-refractivity contribution in [2.75, 3.05) is 9.80 Å². The van der Waals surface area contributed by atoms with Crippen molar-refractivity contribution in [3.8, 4) is 0 Å². The van der Waals surface area contributed by atoms with Crippen molar-refractivity contribution in [2.24, 2.45) is 0 Å². The van der Waals surface area contributed by atoms with Gasteiger partial charge in [-0.2, -0.15) is 0 Å². The summed E-state index contributed by atoms with van der Waals surface area (Å²) in [7, 11) is 0. The minimum atomic E-state index is -0.364. The Bertz CT molecular complexity index is 2490. The van der Waals surface area contributed by atoms with E-state index in [1.807, 2.05) is 29.2 Å². The van der Waals surface area contributed by atoms with Crippen LogP contribution in [0.2, 0.25) is 0 Å². The number of hydrogen-bond donors (Lipinski definition) is 0. The van der Waals surface area contributed by atoms with Crippen LogP contribution in [-0.2, 0) is 27.1 Å². The van der Waals surface area contributed by atoms with Crippen molar-refractivity contribution in [3.05, 3.63) is 112 Å². The molecule has 0 bridgehead atoms. The van der Waals surface area contributed by atoms with Crippen molar-refractivity contribution >= 4 is 57.4 Å². The highest BCUT2D eigenvalue weighted by Gasteiger charge is 2.52. The first-order valence-corrected chi connectivity index (χ1v) is 19.5. The molecule has 274 valence electrons. The van der Waals surface area contributed by atoms with Crippen molar-refractivity contribution in [1.29, 1.82) is 0 Å². The fraction of sp³-hybridized carbons (Fsp3) is 0.429. The molecule has 3 nitrogen and oxygen atoms in total. The Hall–Kier alpha value is -4.18. The summed E-state index contributed by atoms with van der Waals surface area (Å²) in [5.74, 6) is 0.999. The summed E-state index contributed by atoms with van der Waals surface area (Å²) >= 11 is 0. The highest BCUT2D eigenvalue weighted by atomic mass is 16.3. The van der Waals surface area contributed by atoms with E-state index in [0.717, 1.165) is 80.2 Å². The van der Waals surface area contributed by atoms with Crippen LogP contribution in [0.5, 0.6) is 0 Å². The van der Waals surface area contributed by atoms with Gasteiger partial charge in [0.2, 0.25) is 0 Å². The molecule has 0 radical (unpaired) electrons. The third-order valence-corrected chi connectivity index (χ3v) is 12.2. The number of rotatable bonds is 2. The van der Waals surface area contributed by atoms with Crippen LogP contribution < -0.4 is 26.4 Å². The zero-order valence-electron chi connectivity index (χ0n) is 38.5. The summed E-state index contributed by atoms with van der Waals surface area (Å²) in [6, 6.07) is 20.0. The number of aryl methyl sites for hydroxylation is 1. The van der Waals surface area contributed by atoms with Gasteiger partial charge in [-0.15, -0.1) is 0 Å². The molecule has 2 aliphatic heterocycles. The second kappa shape index (κ2) is 11.4. The van der Waals surface area contributed by atoms with E-state index in [1.165, 1.54) is 5.56 Å². The Morgan fingerprint density at radius 2 is 1.15 bits per heavy atom. The molecule has 0 fully saturated rings. The summed E-state index contributed by atoms with van der Waals surface area (Å²) < 4.78 is 46.1. The lowest BCUT2D eigenvalue weighted by atomic mass is 9.35. The molecule has 4 heteroatoms. The number of fused-ring (bicyclic) bond motifs is 6. The van der Waals surface area contributed by atoms with E-state index < -0.39 is 0 Å². The first kappa shape index (κ1) is 31.2. The molecule has 3 aliphatic rings. The van der Waals surface area contributed by atoms with E-state index in [9.17, 15) is 5.48 Å². The van der Waals surface area contributed by atoms with Crippen LogP contribution in [0.25, 0.3) is 0 Å². The lowest BCUT2D eigenvalue weighted by Gasteiger charge is -2.44. The van der Waals surface area contributed by atoms with Crippen LogP contribution in [0.3, 0.4) is 0 Å². The lowest BCUT2D eigenvalue weighted by Crippen LogP contribution is -2.61. The van der Waals surface area contributed by atoms with Gasteiger partial charge in [0.1, 0.15) is 5.76 Å². The summed E-state index contributed by atoms with van der Waals surface area (Å²) in [5.41, 5.74) is 11.8. The predicted octanol–water partition coefficient (Wildman–Crippen LogP) is 11.9. The molecule has 0 N–H and O–H groups in total. The Balaban J connectivity index is 1.55. The monoisotopic (exact) mass is 706 g/mol. The maximum Gasteiger partial charge on any atom is 0.297 e. The van der Waals surface area contributed by atoms with Crippen molar-refractivity contribution in [2.45, 2.75) is 137 Å². The van der Waals surface area contributed by atoms with Gasteiger partial charge in [-0.25, -0.2) is 0 Å². The summed E-state index contributed by atoms with van der Waals surface area (Å²) in [5, 5.41) is 0. The molecule has 4 aromatic carbocycles. The summed E-state index contributed by atoms with van der Waals surface area (Å²) in [6.45, 7) is 30.5. The Labute approximate surface area is 325 Å². The lowest BCUT2D eigenvalue weighted by molar-refractivity contribution is 0.282. The third kappa shape index (κ3) is 5.61. The highest BCUT2D eigenvalue weighted by Crippen LogP contribution is 2.54. The topological polar surface area (TPSA) is 19.6 Å². The molecule has 0 amide bonds. The van der Waals surface area contributed by atoms with E-state index in [-0.39, 0.29) is 45.9 Å². The van der Waals surface area contributed by atoms with Gasteiger partial charge >= 0.3 is 0 Å². The number of anilines is 6. The first-order valence-electron chi connectivity index (χ1n) is 21.5. The molecule has 0 unspecified atom stereocenters. The molecule has 5 aromatic rings. The standard InChI is InChI=1S/C49H59BN2O/c1-30-27-38-41-39(28-30)52(35-22-17-32(18-23-35)46(5,6)7)42-40-43(49(13,14)26-25-48(40,11)12)53-44(42)50(41)36-29-33(47(8,9)10)19-24-37(36)51(38)34-20-15-31(16-21-34)45(2,3)4/h15-24,27-29H,25-26H2,1-14H3/i20D,21D,22D,24D. The van der Waals surface area contributed by atoms with E-state index >= 15 is 0 Å².